The number of hydrogen-bond acceptors (Lipinski definition) is 2. The maximum atomic E-state index is 4.18. The van der Waals surface area contributed by atoms with Crippen LogP contribution >= 0.6 is 0 Å². The standard InChI is InChI=1S/C15H26N2/c1-5-8-17-13(2)10-15(3,4)11-14-7-6-9-16-12-14/h6-7,9,12-13,17H,5,8,10-11H2,1-4H3. The molecule has 0 aliphatic heterocycles. The number of nitrogens with zero attached hydrogens (tertiary/aromatic N) is 1. The average Bonchev–Trinajstić information content (AvgIpc) is 2.26. The van der Waals surface area contributed by atoms with Gasteiger partial charge in [-0.25, -0.2) is 0 Å². The van der Waals surface area contributed by atoms with Gasteiger partial charge < -0.3 is 5.32 Å². The second-order valence-electron chi connectivity index (χ2n) is 5.76. The van der Waals surface area contributed by atoms with Crippen molar-refractivity contribution in [2.24, 2.45) is 5.41 Å². The molecular formula is C15H26N2. The molecule has 1 heterocycles. The number of rotatable bonds is 7. The Morgan fingerprint density at radius 1 is 1.41 bits per heavy atom. The van der Waals surface area contributed by atoms with Crippen LogP contribution in [-0.2, 0) is 6.42 Å². The molecule has 1 N–H and O–H groups in total. The number of pyridine rings is 1. The predicted molar refractivity (Wildman–Crippen MR) is 74.1 cm³/mol. The summed E-state index contributed by atoms with van der Waals surface area (Å²) >= 11 is 0. The molecule has 0 aromatic carbocycles. The molecule has 1 atom stereocenters. The second-order valence-corrected chi connectivity index (χ2v) is 5.76. The molecule has 0 aliphatic carbocycles. The Morgan fingerprint density at radius 3 is 2.76 bits per heavy atom. The first-order valence-electron chi connectivity index (χ1n) is 6.66. The van der Waals surface area contributed by atoms with Crippen LogP contribution in [0.25, 0.3) is 0 Å². The zero-order valence-corrected chi connectivity index (χ0v) is 11.7. The van der Waals surface area contributed by atoms with Crippen LogP contribution in [0.5, 0.6) is 0 Å². The van der Waals surface area contributed by atoms with Crippen molar-refractivity contribution < 1.29 is 0 Å². The summed E-state index contributed by atoms with van der Waals surface area (Å²) in [6.45, 7) is 10.3. The summed E-state index contributed by atoms with van der Waals surface area (Å²) < 4.78 is 0. The Balaban J connectivity index is 2.45. The largest absolute Gasteiger partial charge is 0.314 e. The molecule has 17 heavy (non-hydrogen) atoms. The average molecular weight is 234 g/mol. The van der Waals surface area contributed by atoms with Crippen LogP contribution in [0.15, 0.2) is 24.5 Å². The monoisotopic (exact) mass is 234 g/mol. The lowest BCUT2D eigenvalue weighted by Gasteiger charge is -2.28. The van der Waals surface area contributed by atoms with Crippen LogP contribution in [0.4, 0.5) is 0 Å². The Hall–Kier alpha value is -0.890. The third kappa shape index (κ3) is 5.83. The summed E-state index contributed by atoms with van der Waals surface area (Å²) in [4.78, 5) is 4.18. The van der Waals surface area contributed by atoms with Crippen LogP contribution in [0, 0.1) is 5.41 Å². The highest BCUT2D eigenvalue weighted by Gasteiger charge is 2.21. The van der Waals surface area contributed by atoms with E-state index in [1.807, 2.05) is 18.5 Å². The first-order chi connectivity index (χ1) is 8.03. The summed E-state index contributed by atoms with van der Waals surface area (Å²) in [5.74, 6) is 0. The zero-order valence-electron chi connectivity index (χ0n) is 11.7. The molecule has 1 aromatic rings. The van der Waals surface area contributed by atoms with Crippen LogP contribution in [0.1, 0.15) is 46.1 Å². The summed E-state index contributed by atoms with van der Waals surface area (Å²) in [5, 5.41) is 3.56. The summed E-state index contributed by atoms with van der Waals surface area (Å²) in [6, 6.07) is 4.77. The van der Waals surface area contributed by atoms with E-state index in [4.69, 9.17) is 0 Å². The normalized spacial score (nSPS) is 13.6. The lowest BCUT2D eigenvalue weighted by Crippen LogP contribution is -2.32. The third-order valence-corrected chi connectivity index (χ3v) is 3.01. The van der Waals surface area contributed by atoms with E-state index in [-0.39, 0.29) is 0 Å². The molecular weight excluding hydrogens is 208 g/mol. The van der Waals surface area contributed by atoms with Crippen molar-refractivity contribution in [2.75, 3.05) is 6.54 Å². The topological polar surface area (TPSA) is 24.9 Å². The van der Waals surface area contributed by atoms with Gasteiger partial charge in [-0.2, -0.15) is 0 Å². The molecule has 2 nitrogen and oxygen atoms in total. The van der Waals surface area contributed by atoms with Crippen molar-refractivity contribution >= 4 is 0 Å². The van der Waals surface area contributed by atoms with E-state index in [9.17, 15) is 0 Å². The summed E-state index contributed by atoms with van der Waals surface area (Å²) in [7, 11) is 0. The molecule has 0 aliphatic rings. The fraction of sp³-hybridized carbons (Fsp3) is 0.667. The SMILES string of the molecule is CCCNC(C)CC(C)(C)Cc1cccnc1. The van der Waals surface area contributed by atoms with Crippen molar-refractivity contribution in [3.63, 3.8) is 0 Å². The molecule has 0 bridgehead atoms. The fourth-order valence-electron chi connectivity index (χ4n) is 2.42. The molecule has 1 rings (SSSR count). The van der Waals surface area contributed by atoms with E-state index in [1.165, 1.54) is 18.4 Å². The molecule has 0 fully saturated rings. The van der Waals surface area contributed by atoms with Crippen molar-refractivity contribution in [3.05, 3.63) is 30.1 Å². The van der Waals surface area contributed by atoms with Gasteiger partial charge in [0.25, 0.3) is 0 Å². The minimum absolute atomic E-state index is 0.323. The summed E-state index contributed by atoms with van der Waals surface area (Å²) in [5.41, 5.74) is 1.66. The van der Waals surface area contributed by atoms with Crippen molar-refractivity contribution in [3.8, 4) is 0 Å². The fourth-order valence-corrected chi connectivity index (χ4v) is 2.42. The molecule has 0 amide bonds. The van der Waals surface area contributed by atoms with Gasteiger partial charge in [0.05, 0.1) is 0 Å². The van der Waals surface area contributed by atoms with Gasteiger partial charge in [0.15, 0.2) is 0 Å². The van der Waals surface area contributed by atoms with Gasteiger partial charge in [0.1, 0.15) is 0 Å². The maximum Gasteiger partial charge on any atom is 0.0300 e. The molecule has 2 heteroatoms. The van der Waals surface area contributed by atoms with E-state index in [0.717, 1.165) is 13.0 Å². The third-order valence-electron chi connectivity index (χ3n) is 3.01. The van der Waals surface area contributed by atoms with Gasteiger partial charge in [-0.05, 0) is 49.8 Å². The van der Waals surface area contributed by atoms with Crippen molar-refractivity contribution in [1.29, 1.82) is 0 Å². The minimum atomic E-state index is 0.323. The van der Waals surface area contributed by atoms with Gasteiger partial charge >= 0.3 is 0 Å². The predicted octanol–water partition coefficient (Wildman–Crippen LogP) is 3.43. The van der Waals surface area contributed by atoms with E-state index >= 15 is 0 Å². The lowest BCUT2D eigenvalue weighted by atomic mass is 9.81. The number of nitrogens with one attached hydrogen (secondary N) is 1. The Morgan fingerprint density at radius 2 is 2.18 bits per heavy atom. The quantitative estimate of drug-likeness (QED) is 0.782. The summed E-state index contributed by atoms with van der Waals surface area (Å²) in [6.07, 6.45) is 7.31. The van der Waals surface area contributed by atoms with Crippen LogP contribution < -0.4 is 5.32 Å². The van der Waals surface area contributed by atoms with Gasteiger partial charge in [0.2, 0.25) is 0 Å². The van der Waals surface area contributed by atoms with Gasteiger partial charge in [0, 0.05) is 18.4 Å². The molecule has 0 spiro atoms. The number of aromatic nitrogens is 1. The highest BCUT2D eigenvalue weighted by atomic mass is 14.9. The van der Waals surface area contributed by atoms with Gasteiger partial charge in [-0.3, -0.25) is 4.98 Å². The molecule has 1 unspecified atom stereocenters. The first-order valence-corrected chi connectivity index (χ1v) is 6.66. The van der Waals surface area contributed by atoms with Gasteiger partial charge in [-0.15, -0.1) is 0 Å². The Labute approximate surface area is 106 Å². The van der Waals surface area contributed by atoms with Crippen LogP contribution in [0.3, 0.4) is 0 Å². The van der Waals surface area contributed by atoms with E-state index in [0.29, 0.717) is 11.5 Å². The van der Waals surface area contributed by atoms with Gasteiger partial charge in [-0.1, -0.05) is 26.8 Å². The zero-order chi connectivity index (χ0) is 12.7. The Bertz CT molecular complexity index is 306. The molecule has 96 valence electrons. The second kappa shape index (κ2) is 6.75. The van der Waals surface area contributed by atoms with E-state index in [2.05, 4.69) is 44.1 Å². The Kier molecular flexibility index (Phi) is 5.63. The number of hydrogen-bond donors (Lipinski definition) is 1. The van der Waals surface area contributed by atoms with Crippen LogP contribution in [-0.4, -0.2) is 17.6 Å². The lowest BCUT2D eigenvalue weighted by molar-refractivity contribution is 0.287. The first kappa shape index (κ1) is 14.2. The smallest absolute Gasteiger partial charge is 0.0300 e. The molecule has 0 radical (unpaired) electrons. The minimum Gasteiger partial charge on any atom is -0.314 e. The van der Waals surface area contributed by atoms with E-state index < -0.39 is 0 Å². The van der Waals surface area contributed by atoms with Crippen molar-refractivity contribution in [2.45, 2.75) is 53.0 Å². The van der Waals surface area contributed by atoms with E-state index in [1.54, 1.807) is 0 Å². The highest BCUT2D eigenvalue weighted by Crippen LogP contribution is 2.27. The van der Waals surface area contributed by atoms with Crippen LogP contribution in [0.2, 0.25) is 0 Å². The highest BCUT2D eigenvalue weighted by molar-refractivity contribution is 5.10. The van der Waals surface area contributed by atoms with Crippen molar-refractivity contribution in [1.82, 2.24) is 10.3 Å². The molecule has 0 saturated carbocycles. The molecule has 0 saturated heterocycles. The maximum absolute atomic E-state index is 4.18. The molecule has 1 aromatic heterocycles.